The quantitative estimate of drug-likeness (QED) is 0.343. The van der Waals surface area contributed by atoms with E-state index >= 15 is 0 Å². The Labute approximate surface area is 129 Å². The molecule has 0 aliphatic carbocycles. The fraction of sp³-hybridized carbons (Fsp3) is 0.846. The van der Waals surface area contributed by atoms with Gasteiger partial charge in [0.2, 0.25) is 11.8 Å². The maximum Gasteiger partial charge on any atom is 0.246 e. The Bertz CT molecular complexity index is 271. The lowest BCUT2D eigenvalue weighted by Gasteiger charge is -2.08. The first-order valence-electron chi connectivity index (χ1n) is 6.73. The summed E-state index contributed by atoms with van der Waals surface area (Å²) >= 11 is 2.11. The van der Waals surface area contributed by atoms with Gasteiger partial charge in [-0.2, -0.15) is 0 Å². The first kappa shape index (κ1) is 18.6. The lowest BCUT2D eigenvalue weighted by atomic mass is 10.2. The second-order valence-electron chi connectivity index (χ2n) is 4.71. The zero-order valence-electron chi connectivity index (χ0n) is 12.0. The monoisotopic (exact) mass is 384 g/mol. The highest BCUT2D eigenvalue weighted by molar-refractivity contribution is 14.1. The van der Waals surface area contributed by atoms with Crippen molar-refractivity contribution in [1.82, 2.24) is 10.6 Å². The molecule has 0 spiro atoms. The van der Waals surface area contributed by atoms with Crippen LogP contribution in [0, 0.1) is 5.92 Å². The molecule has 2 N–H and O–H groups in total. The number of hydrogen-bond donors (Lipinski definition) is 2. The molecule has 1 unspecified atom stereocenters. The third kappa shape index (κ3) is 12.4. The van der Waals surface area contributed by atoms with E-state index in [1.54, 1.807) is 0 Å². The summed E-state index contributed by atoms with van der Waals surface area (Å²) in [7, 11) is 0. The second kappa shape index (κ2) is 11.5. The smallest absolute Gasteiger partial charge is 0.246 e. The van der Waals surface area contributed by atoms with Gasteiger partial charge in [-0.3, -0.25) is 9.59 Å². The van der Waals surface area contributed by atoms with Gasteiger partial charge in [0.15, 0.2) is 0 Å². The van der Waals surface area contributed by atoms with Crippen LogP contribution in [-0.4, -0.2) is 35.6 Å². The molecule has 5 nitrogen and oxygen atoms in total. The fourth-order valence-corrected chi connectivity index (χ4v) is 1.49. The molecule has 0 aromatic rings. The number of hydrogen-bond acceptors (Lipinski definition) is 3. The first-order chi connectivity index (χ1) is 8.93. The van der Waals surface area contributed by atoms with Gasteiger partial charge in [-0.15, -0.1) is 0 Å². The van der Waals surface area contributed by atoms with Crippen molar-refractivity contribution in [3.63, 3.8) is 0 Å². The van der Waals surface area contributed by atoms with E-state index in [0.717, 1.165) is 19.3 Å². The summed E-state index contributed by atoms with van der Waals surface area (Å²) in [6.45, 7) is 7.14. The van der Waals surface area contributed by atoms with Gasteiger partial charge in [0.25, 0.3) is 0 Å². The lowest BCUT2D eigenvalue weighted by Crippen LogP contribution is -2.30. The fourth-order valence-electron chi connectivity index (χ4n) is 1.31. The molecule has 0 aliphatic heterocycles. The highest BCUT2D eigenvalue weighted by atomic mass is 127. The Hall–Kier alpha value is -0.370. The normalized spacial score (nSPS) is 12.3. The standard InChI is InChI=1S/C13H25IN2O3/c1-10(2)13(18)16-8-6-4-5-7-15-12(17)9-19-11(3)14/h10-11H,4-9H2,1-3H3,(H,15,17)(H,16,18). The molecule has 0 saturated carbocycles. The predicted molar refractivity (Wildman–Crippen MR) is 84.1 cm³/mol. The molecule has 1 atom stereocenters. The van der Waals surface area contributed by atoms with Gasteiger partial charge in [0.1, 0.15) is 10.7 Å². The van der Waals surface area contributed by atoms with E-state index in [0.29, 0.717) is 13.1 Å². The largest absolute Gasteiger partial charge is 0.358 e. The molecule has 2 amide bonds. The van der Waals surface area contributed by atoms with Crippen LogP contribution in [-0.2, 0) is 14.3 Å². The molecule has 0 bridgehead atoms. The second-order valence-corrected chi connectivity index (χ2v) is 6.46. The molecule has 0 aliphatic rings. The van der Waals surface area contributed by atoms with Crippen LogP contribution in [0.5, 0.6) is 0 Å². The molecule has 0 rings (SSSR count). The Balaban J connectivity index is 3.31. The van der Waals surface area contributed by atoms with Gasteiger partial charge in [-0.1, -0.05) is 36.4 Å². The Kier molecular flexibility index (Phi) is 11.2. The molecule has 0 aromatic heterocycles. The maximum atomic E-state index is 11.3. The van der Waals surface area contributed by atoms with Crippen molar-refractivity contribution in [2.75, 3.05) is 19.7 Å². The number of ether oxygens (including phenoxy) is 1. The summed E-state index contributed by atoms with van der Waals surface area (Å²) in [5, 5.41) is 5.67. The molecule has 0 fully saturated rings. The number of alkyl halides is 1. The van der Waals surface area contributed by atoms with Crippen molar-refractivity contribution < 1.29 is 14.3 Å². The molecule has 0 heterocycles. The van der Waals surface area contributed by atoms with Gasteiger partial charge in [-0.25, -0.2) is 0 Å². The number of unbranched alkanes of at least 4 members (excludes halogenated alkanes) is 2. The van der Waals surface area contributed by atoms with E-state index in [4.69, 9.17) is 4.74 Å². The molecule has 112 valence electrons. The third-order valence-electron chi connectivity index (χ3n) is 2.44. The molecule has 0 aromatic carbocycles. The number of amides is 2. The van der Waals surface area contributed by atoms with Crippen molar-refractivity contribution in [1.29, 1.82) is 0 Å². The van der Waals surface area contributed by atoms with Crippen LogP contribution < -0.4 is 10.6 Å². The maximum absolute atomic E-state index is 11.3. The Morgan fingerprint density at radius 1 is 1.05 bits per heavy atom. The Morgan fingerprint density at radius 2 is 1.63 bits per heavy atom. The van der Waals surface area contributed by atoms with Crippen LogP contribution >= 0.6 is 22.6 Å². The SMILES string of the molecule is CC(I)OCC(=O)NCCCCCNC(=O)C(C)C. The highest BCUT2D eigenvalue weighted by Crippen LogP contribution is 1.99. The van der Waals surface area contributed by atoms with E-state index in [2.05, 4.69) is 33.2 Å². The molecule has 0 saturated heterocycles. The van der Waals surface area contributed by atoms with E-state index in [-0.39, 0.29) is 28.4 Å². The minimum absolute atomic E-state index is 0.0413. The van der Waals surface area contributed by atoms with Crippen LogP contribution in [0.25, 0.3) is 0 Å². The third-order valence-corrected chi connectivity index (χ3v) is 2.80. The Morgan fingerprint density at radius 3 is 2.16 bits per heavy atom. The lowest BCUT2D eigenvalue weighted by molar-refractivity contribution is -0.126. The first-order valence-corrected chi connectivity index (χ1v) is 7.98. The van der Waals surface area contributed by atoms with Gasteiger partial charge in [-0.05, 0) is 26.2 Å². The predicted octanol–water partition coefficient (Wildman–Crippen LogP) is 1.84. The van der Waals surface area contributed by atoms with Gasteiger partial charge >= 0.3 is 0 Å². The summed E-state index contributed by atoms with van der Waals surface area (Å²) in [6.07, 6.45) is 2.85. The van der Waals surface area contributed by atoms with Gasteiger partial charge in [0.05, 0.1) is 0 Å². The zero-order chi connectivity index (χ0) is 14.7. The number of rotatable bonds is 10. The summed E-state index contributed by atoms with van der Waals surface area (Å²) < 4.78 is 5.22. The summed E-state index contributed by atoms with van der Waals surface area (Å²) in [5.74, 6) is 0.0644. The van der Waals surface area contributed by atoms with Gasteiger partial charge in [0, 0.05) is 19.0 Å². The topological polar surface area (TPSA) is 67.4 Å². The van der Waals surface area contributed by atoms with Crippen LogP contribution in [0.1, 0.15) is 40.0 Å². The number of nitrogens with one attached hydrogen (secondary N) is 2. The van der Waals surface area contributed by atoms with E-state index < -0.39 is 0 Å². The van der Waals surface area contributed by atoms with Crippen molar-refractivity contribution in [3.8, 4) is 0 Å². The average Bonchev–Trinajstić information content (AvgIpc) is 2.34. The molecule has 0 radical (unpaired) electrons. The van der Waals surface area contributed by atoms with Crippen molar-refractivity contribution in [2.45, 2.75) is 44.1 Å². The van der Waals surface area contributed by atoms with Crippen LogP contribution in [0.3, 0.4) is 0 Å². The summed E-state index contributed by atoms with van der Waals surface area (Å²) in [6, 6.07) is 0. The average molecular weight is 384 g/mol. The highest BCUT2D eigenvalue weighted by Gasteiger charge is 2.05. The molecular formula is C13H25IN2O3. The van der Waals surface area contributed by atoms with E-state index in [9.17, 15) is 9.59 Å². The van der Waals surface area contributed by atoms with E-state index in [1.807, 2.05) is 20.8 Å². The summed E-state index contributed by atoms with van der Waals surface area (Å²) in [5.41, 5.74) is 0. The number of carbonyl (C=O) groups is 2. The van der Waals surface area contributed by atoms with Crippen LogP contribution in [0.4, 0.5) is 0 Å². The number of carbonyl (C=O) groups excluding carboxylic acids is 2. The summed E-state index contributed by atoms with van der Waals surface area (Å²) in [4.78, 5) is 22.6. The minimum Gasteiger partial charge on any atom is -0.358 e. The van der Waals surface area contributed by atoms with Gasteiger partial charge < -0.3 is 15.4 Å². The van der Waals surface area contributed by atoms with Crippen molar-refractivity contribution in [3.05, 3.63) is 0 Å². The van der Waals surface area contributed by atoms with Crippen molar-refractivity contribution >= 4 is 34.4 Å². The zero-order valence-corrected chi connectivity index (χ0v) is 14.2. The molecule has 6 heteroatoms. The van der Waals surface area contributed by atoms with E-state index in [1.165, 1.54) is 0 Å². The van der Waals surface area contributed by atoms with Crippen LogP contribution in [0.15, 0.2) is 0 Å². The van der Waals surface area contributed by atoms with Crippen LogP contribution in [0.2, 0.25) is 0 Å². The minimum atomic E-state index is -0.0726. The number of halogens is 1. The van der Waals surface area contributed by atoms with Crippen molar-refractivity contribution in [2.24, 2.45) is 5.92 Å². The molecule has 19 heavy (non-hydrogen) atoms. The molecular weight excluding hydrogens is 359 g/mol.